The summed E-state index contributed by atoms with van der Waals surface area (Å²) in [5, 5.41) is 7.96. The summed E-state index contributed by atoms with van der Waals surface area (Å²) in [5.41, 5.74) is 1.13. The van der Waals surface area contributed by atoms with Crippen molar-refractivity contribution >= 4 is 0 Å². The molecule has 0 bridgehead atoms. The Bertz CT molecular complexity index is 841. The van der Waals surface area contributed by atoms with Crippen molar-refractivity contribution in [3.05, 3.63) is 66.6 Å². The van der Waals surface area contributed by atoms with Crippen molar-refractivity contribution in [1.29, 1.82) is 0 Å². The van der Waals surface area contributed by atoms with E-state index in [2.05, 4.69) is 10.4 Å². The van der Waals surface area contributed by atoms with Gasteiger partial charge in [0.25, 0.3) is 0 Å². The fourth-order valence-electron chi connectivity index (χ4n) is 3.14. The molecule has 0 saturated carbocycles. The molecule has 1 aromatic heterocycles. The summed E-state index contributed by atoms with van der Waals surface area (Å²) in [5.74, 6) is 0.822. The predicted octanol–water partition coefficient (Wildman–Crippen LogP) is 4.23. The van der Waals surface area contributed by atoms with Gasteiger partial charge in [0.1, 0.15) is 17.3 Å². The average molecular weight is 337 g/mol. The minimum atomic E-state index is -0.335. The molecule has 0 aliphatic carbocycles. The smallest absolute Gasteiger partial charge is 0.136 e. The van der Waals surface area contributed by atoms with Crippen LogP contribution in [0, 0.1) is 5.82 Å². The Morgan fingerprint density at radius 1 is 1.12 bits per heavy atom. The molecule has 0 radical (unpaired) electrons. The van der Waals surface area contributed by atoms with E-state index in [4.69, 9.17) is 4.74 Å². The van der Waals surface area contributed by atoms with E-state index in [1.54, 1.807) is 12.1 Å². The highest BCUT2D eigenvalue weighted by Gasteiger charge is 2.16. The quantitative estimate of drug-likeness (QED) is 0.757. The Hall–Kier alpha value is -2.66. The zero-order valence-electron chi connectivity index (χ0n) is 13.9. The number of ether oxygens (including phenoxy) is 1. The Kier molecular flexibility index (Phi) is 4.48. The molecule has 1 atom stereocenters. The van der Waals surface area contributed by atoms with Crippen LogP contribution in [0.1, 0.15) is 12.8 Å². The predicted molar refractivity (Wildman–Crippen MR) is 95.2 cm³/mol. The van der Waals surface area contributed by atoms with Gasteiger partial charge in [-0.15, -0.1) is 0 Å². The zero-order valence-corrected chi connectivity index (χ0v) is 13.9. The highest BCUT2D eigenvalue weighted by molar-refractivity contribution is 5.60. The largest absolute Gasteiger partial charge is 0.457 e. The van der Waals surface area contributed by atoms with Gasteiger partial charge in [-0.05, 0) is 49.7 Å². The number of hydrogen-bond donors (Lipinski definition) is 1. The minimum Gasteiger partial charge on any atom is -0.457 e. The molecule has 2 heterocycles. The summed E-state index contributed by atoms with van der Waals surface area (Å²) in [6, 6.07) is 16.5. The first kappa shape index (κ1) is 15.8. The van der Waals surface area contributed by atoms with Gasteiger partial charge in [-0.2, -0.15) is 5.10 Å². The van der Waals surface area contributed by atoms with Crippen LogP contribution in [-0.4, -0.2) is 22.4 Å². The summed E-state index contributed by atoms with van der Waals surface area (Å²) in [6.07, 6.45) is 4.27. The molecule has 4 rings (SSSR count). The maximum Gasteiger partial charge on any atom is 0.136 e. The van der Waals surface area contributed by atoms with Crippen molar-refractivity contribution in [3.8, 4) is 22.8 Å². The van der Waals surface area contributed by atoms with Gasteiger partial charge >= 0.3 is 0 Å². The van der Waals surface area contributed by atoms with Crippen LogP contribution in [0.5, 0.6) is 11.5 Å². The standard InChI is InChI=1S/C20H20FN3O/c21-19-13-17(25-16-6-2-1-3-7-16)8-9-18(19)20-10-12-24(23-20)14-15-5-4-11-22-15/h1-3,6-10,12-13,15,22H,4-5,11,14H2/t15-/m1/s1. The maximum atomic E-state index is 14.5. The fraction of sp³-hybridized carbons (Fsp3) is 0.250. The first-order valence-corrected chi connectivity index (χ1v) is 8.57. The van der Waals surface area contributed by atoms with Crippen LogP contribution in [0.4, 0.5) is 4.39 Å². The number of nitrogens with one attached hydrogen (secondary N) is 1. The number of para-hydroxylation sites is 1. The van der Waals surface area contributed by atoms with Gasteiger partial charge in [0.2, 0.25) is 0 Å². The Labute approximate surface area is 146 Å². The number of hydrogen-bond acceptors (Lipinski definition) is 3. The molecule has 0 amide bonds. The van der Waals surface area contributed by atoms with Crippen molar-refractivity contribution in [1.82, 2.24) is 15.1 Å². The number of rotatable bonds is 5. The third kappa shape index (κ3) is 3.72. The molecule has 128 valence electrons. The molecule has 4 nitrogen and oxygen atoms in total. The first-order chi connectivity index (χ1) is 12.3. The van der Waals surface area contributed by atoms with Gasteiger partial charge in [0.15, 0.2) is 0 Å². The molecule has 25 heavy (non-hydrogen) atoms. The maximum absolute atomic E-state index is 14.5. The van der Waals surface area contributed by atoms with Gasteiger partial charge in [-0.3, -0.25) is 4.68 Å². The second-order valence-corrected chi connectivity index (χ2v) is 6.27. The third-order valence-electron chi connectivity index (χ3n) is 4.41. The summed E-state index contributed by atoms with van der Waals surface area (Å²) in [7, 11) is 0. The van der Waals surface area contributed by atoms with Gasteiger partial charge < -0.3 is 10.1 Å². The number of nitrogens with zero attached hydrogens (tertiary/aromatic N) is 2. The van der Waals surface area contributed by atoms with E-state index in [1.807, 2.05) is 47.3 Å². The van der Waals surface area contributed by atoms with Crippen molar-refractivity contribution in [2.24, 2.45) is 0 Å². The lowest BCUT2D eigenvalue weighted by Crippen LogP contribution is -2.26. The van der Waals surface area contributed by atoms with Crippen molar-refractivity contribution in [2.75, 3.05) is 6.54 Å². The fourth-order valence-corrected chi connectivity index (χ4v) is 3.14. The van der Waals surface area contributed by atoms with Crippen LogP contribution in [0.25, 0.3) is 11.3 Å². The van der Waals surface area contributed by atoms with Gasteiger partial charge in [-0.1, -0.05) is 18.2 Å². The van der Waals surface area contributed by atoms with E-state index >= 15 is 0 Å². The second-order valence-electron chi connectivity index (χ2n) is 6.27. The topological polar surface area (TPSA) is 39.1 Å². The van der Waals surface area contributed by atoms with Crippen LogP contribution in [0.3, 0.4) is 0 Å². The summed E-state index contributed by atoms with van der Waals surface area (Å²) in [6.45, 7) is 1.88. The van der Waals surface area contributed by atoms with E-state index in [0.29, 0.717) is 28.8 Å². The molecule has 0 unspecified atom stereocenters. The Balaban J connectivity index is 1.49. The molecule has 0 spiro atoms. The van der Waals surface area contributed by atoms with Crippen LogP contribution < -0.4 is 10.1 Å². The highest BCUT2D eigenvalue weighted by atomic mass is 19.1. The van der Waals surface area contributed by atoms with Crippen molar-refractivity contribution in [3.63, 3.8) is 0 Å². The average Bonchev–Trinajstić information content (AvgIpc) is 3.29. The lowest BCUT2D eigenvalue weighted by Gasteiger charge is -2.10. The van der Waals surface area contributed by atoms with E-state index in [-0.39, 0.29) is 5.82 Å². The summed E-state index contributed by atoms with van der Waals surface area (Å²) >= 11 is 0. The Morgan fingerprint density at radius 3 is 2.76 bits per heavy atom. The van der Waals surface area contributed by atoms with E-state index in [1.165, 1.54) is 12.5 Å². The monoisotopic (exact) mass is 337 g/mol. The van der Waals surface area contributed by atoms with E-state index in [9.17, 15) is 4.39 Å². The summed E-state index contributed by atoms with van der Waals surface area (Å²) in [4.78, 5) is 0. The normalized spacial score (nSPS) is 16.9. The molecule has 3 aromatic rings. The molecule has 1 fully saturated rings. The molecular formula is C20H20FN3O. The van der Waals surface area contributed by atoms with Crippen molar-refractivity contribution < 1.29 is 9.13 Å². The van der Waals surface area contributed by atoms with Crippen LogP contribution in [0.15, 0.2) is 60.8 Å². The lowest BCUT2D eigenvalue weighted by molar-refractivity contribution is 0.475. The highest BCUT2D eigenvalue weighted by Crippen LogP contribution is 2.28. The van der Waals surface area contributed by atoms with Gasteiger partial charge in [-0.25, -0.2) is 4.39 Å². The Morgan fingerprint density at radius 2 is 2.00 bits per heavy atom. The SMILES string of the molecule is Fc1cc(Oc2ccccc2)ccc1-c1ccn(C[C@H]2CCCN2)n1. The first-order valence-electron chi connectivity index (χ1n) is 8.57. The van der Waals surface area contributed by atoms with Gasteiger partial charge in [0, 0.05) is 23.9 Å². The zero-order chi connectivity index (χ0) is 17.1. The van der Waals surface area contributed by atoms with Crippen LogP contribution in [0.2, 0.25) is 0 Å². The molecular weight excluding hydrogens is 317 g/mol. The number of halogens is 1. The van der Waals surface area contributed by atoms with Crippen LogP contribution in [-0.2, 0) is 6.54 Å². The second kappa shape index (κ2) is 7.07. The van der Waals surface area contributed by atoms with E-state index < -0.39 is 0 Å². The lowest BCUT2D eigenvalue weighted by atomic mass is 10.1. The molecule has 1 aliphatic heterocycles. The molecule has 5 heteroatoms. The summed E-state index contributed by atoms with van der Waals surface area (Å²) < 4.78 is 22.1. The molecule has 1 saturated heterocycles. The van der Waals surface area contributed by atoms with E-state index in [0.717, 1.165) is 19.5 Å². The third-order valence-corrected chi connectivity index (χ3v) is 4.41. The molecule has 2 aromatic carbocycles. The molecule has 1 N–H and O–H groups in total. The number of benzene rings is 2. The van der Waals surface area contributed by atoms with Gasteiger partial charge in [0.05, 0.1) is 12.2 Å². The molecule has 1 aliphatic rings. The minimum absolute atomic E-state index is 0.335. The number of aromatic nitrogens is 2. The van der Waals surface area contributed by atoms with Crippen molar-refractivity contribution in [2.45, 2.75) is 25.4 Å². The van der Waals surface area contributed by atoms with Crippen LogP contribution >= 0.6 is 0 Å².